The minimum absolute atomic E-state index is 0.249. The monoisotopic (exact) mass is 264 g/mol. The molecule has 4 heteroatoms. The Balaban J connectivity index is 2.09. The van der Waals surface area contributed by atoms with Crippen LogP contribution in [0.25, 0.3) is 5.69 Å². The van der Waals surface area contributed by atoms with Crippen molar-refractivity contribution in [1.29, 1.82) is 0 Å². The Hall–Kier alpha value is -1.35. The van der Waals surface area contributed by atoms with Crippen molar-refractivity contribution in [2.24, 2.45) is 0 Å². The molecule has 3 rings (SSSR count). The van der Waals surface area contributed by atoms with Gasteiger partial charge in [0.25, 0.3) is 0 Å². The van der Waals surface area contributed by atoms with Gasteiger partial charge in [-0.05, 0) is 49.4 Å². The summed E-state index contributed by atoms with van der Waals surface area (Å²) < 4.78 is 15.5. The topological polar surface area (TPSA) is 17.8 Å². The van der Waals surface area contributed by atoms with Gasteiger partial charge in [0.2, 0.25) is 0 Å². The van der Waals surface area contributed by atoms with Gasteiger partial charge in [0.05, 0.1) is 12.0 Å². The van der Waals surface area contributed by atoms with Crippen LogP contribution in [0.15, 0.2) is 24.5 Å². The number of hydrogen-bond donors (Lipinski definition) is 0. The first-order chi connectivity index (χ1) is 8.78. The Morgan fingerprint density at radius 1 is 1.22 bits per heavy atom. The lowest BCUT2D eigenvalue weighted by atomic mass is 10.0. The van der Waals surface area contributed by atoms with Gasteiger partial charge < -0.3 is 4.57 Å². The molecule has 0 saturated heterocycles. The van der Waals surface area contributed by atoms with E-state index in [-0.39, 0.29) is 5.82 Å². The van der Waals surface area contributed by atoms with E-state index in [1.807, 2.05) is 10.6 Å². The van der Waals surface area contributed by atoms with E-state index in [2.05, 4.69) is 4.98 Å². The van der Waals surface area contributed by atoms with Crippen LogP contribution < -0.4 is 0 Å². The minimum atomic E-state index is -0.249. The molecule has 0 fully saturated rings. The molecule has 0 bridgehead atoms. The van der Waals surface area contributed by atoms with E-state index in [4.69, 9.17) is 11.6 Å². The Morgan fingerprint density at radius 3 is 2.89 bits per heavy atom. The molecule has 1 aliphatic rings. The van der Waals surface area contributed by atoms with Crippen LogP contribution in [0.2, 0.25) is 0 Å². The molecule has 1 aromatic carbocycles. The van der Waals surface area contributed by atoms with E-state index in [1.165, 1.54) is 30.7 Å². The molecule has 0 saturated carbocycles. The van der Waals surface area contributed by atoms with Crippen molar-refractivity contribution in [2.75, 3.05) is 0 Å². The van der Waals surface area contributed by atoms with Crippen molar-refractivity contribution in [1.82, 2.24) is 9.55 Å². The first-order valence-electron chi connectivity index (χ1n) is 6.19. The van der Waals surface area contributed by atoms with Crippen LogP contribution >= 0.6 is 11.6 Å². The number of imidazole rings is 1. The molecule has 0 aliphatic heterocycles. The van der Waals surface area contributed by atoms with Crippen molar-refractivity contribution in [2.45, 2.75) is 31.6 Å². The molecule has 0 spiro atoms. The fourth-order valence-electron chi connectivity index (χ4n) is 2.54. The molecule has 1 heterocycles. The van der Waals surface area contributed by atoms with Crippen LogP contribution in [0.3, 0.4) is 0 Å². The number of nitrogens with zero attached hydrogens (tertiary/aromatic N) is 2. The highest BCUT2D eigenvalue weighted by Crippen LogP contribution is 2.24. The van der Waals surface area contributed by atoms with Gasteiger partial charge in [-0.2, -0.15) is 0 Å². The molecule has 2 aromatic rings. The lowest BCUT2D eigenvalue weighted by molar-refractivity contribution is 0.623. The van der Waals surface area contributed by atoms with Gasteiger partial charge in [0, 0.05) is 17.3 Å². The largest absolute Gasteiger partial charge is 0.303 e. The highest BCUT2D eigenvalue weighted by Gasteiger charge is 2.16. The number of alkyl halides is 1. The van der Waals surface area contributed by atoms with Gasteiger partial charge in [-0.25, -0.2) is 9.37 Å². The number of aryl methyl sites for hydroxylation is 1. The molecule has 0 amide bonds. The van der Waals surface area contributed by atoms with Crippen LogP contribution in [0, 0.1) is 5.82 Å². The third-order valence-corrected chi connectivity index (χ3v) is 3.71. The van der Waals surface area contributed by atoms with Crippen molar-refractivity contribution in [3.8, 4) is 5.69 Å². The summed E-state index contributed by atoms with van der Waals surface area (Å²) in [5, 5.41) is 0. The number of fused-ring (bicyclic) bond motifs is 1. The molecule has 1 aliphatic carbocycles. The third-order valence-electron chi connectivity index (χ3n) is 3.40. The van der Waals surface area contributed by atoms with Gasteiger partial charge in [-0.1, -0.05) is 0 Å². The van der Waals surface area contributed by atoms with Crippen LogP contribution in [-0.2, 0) is 18.7 Å². The average Bonchev–Trinajstić information content (AvgIpc) is 2.81. The normalized spacial score (nSPS) is 14.6. The van der Waals surface area contributed by atoms with Crippen LogP contribution in [-0.4, -0.2) is 9.55 Å². The summed E-state index contributed by atoms with van der Waals surface area (Å²) in [7, 11) is 0. The summed E-state index contributed by atoms with van der Waals surface area (Å²) >= 11 is 5.78. The molecular weight excluding hydrogens is 251 g/mol. The fourth-order valence-corrected chi connectivity index (χ4v) is 2.70. The third kappa shape index (κ3) is 2.03. The number of halogens is 2. The van der Waals surface area contributed by atoms with Gasteiger partial charge in [0.15, 0.2) is 0 Å². The quantitative estimate of drug-likeness (QED) is 0.758. The second-order valence-electron chi connectivity index (χ2n) is 4.67. The molecule has 2 nitrogen and oxygen atoms in total. The second kappa shape index (κ2) is 4.73. The summed E-state index contributed by atoms with van der Waals surface area (Å²) in [5.74, 6) is 0.0724. The van der Waals surface area contributed by atoms with Crippen molar-refractivity contribution in [3.05, 3.63) is 47.3 Å². The highest BCUT2D eigenvalue weighted by molar-refractivity contribution is 6.17. The summed E-state index contributed by atoms with van der Waals surface area (Å²) in [6, 6.07) is 4.93. The molecule has 1 aromatic heterocycles. The number of hydrogen-bond acceptors (Lipinski definition) is 1. The van der Waals surface area contributed by atoms with Crippen molar-refractivity contribution >= 4 is 11.6 Å². The Kier molecular flexibility index (Phi) is 3.08. The van der Waals surface area contributed by atoms with Gasteiger partial charge in [0.1, 0.15) is 5.82 Å². The summed E-state index contributed by atoms with van der Waals surface area (Å²) in [6.45, 7) is 0. The fraction of sp³-hybridized carbons (Fsp3) is 0.357. The maximum absolute atomic E-state index is 13.5. The predicted molar refractivity (Wildman–Crippen MR) is 69.7 cm³/mol. The predicted octanol–water partition coefficient (Wildman–Crippen LogP) is 3.63. The molecule has 94 valence electrons. The zero-order valence-electron chi connectivity index (χ0n) is 10.00. The Labute approximate surface area is 110 Å². The van der Waals surface area contributed by atoms with Gasteiger partial charge in [-0.3, -0.25) is 0 Å². The average molecular weight is 265 g/mol. The van der Waals surface area contributed by atoms with Crippen LogP contribution in [0.1, 0.15) is 29.8 Å². The van der Waals surface area contributed by atoms with E-state index in [0.29, 0.717) is 5.88 Å². The Morgan fingerprint density at radius 2 is 2.06 bits per heavy atom. The Bertz CT molecular complexity index is 577. The number of aromatic nitrogens is 2. The van der Waals surface area contributed by atoms with Gasteiger partial charge in [-0.15, -0.1) is 11.6 Å². The number of benzene rings is 1. The van der Waals surface area contributed by atoms with E-state index >= 15 is 0 Å². The SMILES string of the molecule is Fc1cc(CCl)cc(-n2cnc3c2CCCC3)c1. The summed E-state index contributed by atoms with van der Waals surface area (Å²) in [4.78, 5) is 4.43. The van der Waals surface area contributed by atoms with E-state index < -0.39 is 0 Å². The molecule has 0 N–H and O–H groups in total. The lowest BCUT2D eigenvalue weighted by Gasteiger charge is -2.14. The molecule has 0 radical (unpaired) electrons. The van der Waals surface area contributed by atoms with E-state index in [1.54, 1.807) is 6.33 Å². The zero-order valence-corrected chi connectivity index (χ0v) is 10.8. The van der Waals surface area contributed by atoms with Crippen molar-refractivity contribution < 1.29 is 4.39 Å². The van der Waals surface area contributed by atoms with Crippen LogP contribution in [0.4, 0.5) is 4.39 Å². The van der Waals surface area contributed by atoms with E-state index in [9.17, 15) is 4.39 Å². The zero-order chi connectivity index (χ0) is 12.5. The minimum Gasteiger partial charge on any atom is -0.303 e. The van der Waals surface area contributed by atoms with E-state index in [0.717, 1.165) is 29.8 Å². The maximum atomic E-state index is 13.5. The molecule has 0 atom stereocenters. The standard InChI is InChI=1S/C14H14ClFN2/c15-8-10-5-11(16)7-12(6-10)18-9-17-13-3-1-2-4-14(13)18/h5-7,9H,1-4,8H2. The second-order valence-corrected chi connectivity index (χ2v) is 4.93. The number of rotatable bonds is 2. The molecule has 18 heavy (non-hydrogen) atoms. The highest BCUT2D eigenvalue weighted by atomic mass is 35.5. The summed E-state index contributed by atoms with van der Waals surface area (Å²) in [6.07, 6.45) is 6.21. The molecule has 0 unspecified atom stereocenters. The maximum Gasteiger partial charge on any atom is 0.125 e. The van der Waals surface area contributed by atoms with Crippen LogP contribution in [0.5, 0.6) is 0 Å². The smallest absolute Gasteiger partial charge is 0.125 e. The first-order valence-corrected chi connectivity index (χ1v) is 6.72. The molecular formula is C14H14ClFN2. The lowest BCUT2D eigenvalue weighted by Crippen LogP contribution is -2.07. The first kappa shape index (κ1) is 11.7. The van der Waals surface area contributed by atoms with Crippen molar-refractivity contribution in [3.63, 3.8) is 0 Å². The summed E-state index contributed by atoms with van der Waals surface area (Å²) in [5.41, 5.74) is 3.98. The van der Waals surface area contributed by atoms with Gasteiger partial charge >= 0.3 is 0 Å².